The van der Waals surface area contributed by atoms with Crippen molar-refractivity contribution in [3.8, 4) is 17.2 Å². The highest BCUT2D eigenvalue weighted by Crippen LogP contribution is 2.45. The molecule has 2 heterocycles. The first-order valence-electron chi connectivity index (χ1n) is 11.6. The lowest BCUT2D eigenvalue weighted by molar-refractivity contribution is 0.0950. The molecule has 0 saturated heterocycles. The summed E-state index contributed by atoms with van der Waals surface area (Å²) in [5.74, 6) is 1.85. The van der Waals surface area contributed by atoms with Crippen molar-refractivity contribution in [1.29, 1.82) is 0 Å². The van der Waals surface area contributed by atoms with Crippen LogP contribution in [0.1, 0.15) is 43.4 Å². The molecule has 1 saturated carbocycles. The van der Waals surface area contributed by atoms with E-state index in [1.807, 2.05) is 0 Å². The van der Waals surface area contributed by atoms with Gasteiger partial charge in [0.1, 0.15) is 34.4 Å². The lowest BCUT2D eigenvalue weighted by Crippen LogP contribution is -2.34. The highest BCUT2D eigenvalue weighted by molar-refractivity contribution is 7.93. The number of para-hydroxylation sites is 1. The van der Waals surface area contributed by atoms with Gasteiger partial charge in [0.05, 0.1) is 19.2 Å². The van der Waals surface area contributed by atoms with Gasteiger partial charge in [-0.3, -0.25) is 9.29 Å². The SMILES string of the molecule is COc1cccc(OC)c1-n1c(NS(=O)(=O)[C@@H](C)[C@H](OC)c2ncc(Cl)cn2)nnc1[C@H]1CC[C@H]1CN. The van der Waals surface area contributed by atoms with Crippen LogP contribution in [0.3, 0.4) is 0 Å². The monoisotopic (exact) mass is 551 g/mol. The second kappa shape index (κ2) is 11.2. The maximum Gasteiger partial charge on any atom is 0.243 e. The van der Waals surface area contributed by atoms with E-state index < -0.39 is 21.4 Å². The van der Waals surface area contributed by atoms with Crippen molar-refractivity contribution in [3.63, 3.8) is 0 Å². The largest absolute Gasteiger partial charge is 0.494 e. The third-order valence-corrected chi connectivity index (χ3v) is 8.55. The van der Waals surface area contributed by atoms with Crippen molar-refractivity contribution in [2.75, 3.05) is 32.6 Å². The summed E-state index contributed by atoms with van der Waals surface area (Å²) in [6.07, 6.45) is 3.59. The third kappa shape index (κ3) is 5.21. The molecule has 1 aliphatic carbocycles. The van der Waals surface area contributed by atoms with Gasteiger partial charge in [0, 0.05) is 25.4 Å². The number of nitrogens with two attached hydrogens (primary N) is 1. The normalized spacial score (nSPS) is 19.1. The van der Waals surface area contributed by atoms with Crippen molar-refractivity contribution in [3.05, 3.63) is 47.3 Å². The first kappa shape index (κ1) is 27.0. The Hall–Kier alpha value is -3.00. The first-order valence-corrected chi connectivity index (χ1v) is 13.6. The molecular weight excluding hydrogens is 522 g/mol. The smallest absolute Gasteiger partial charge is 0.243 e. The van der Waals surface area contributed by atoms with Crippen LogP contribution >= 0.6 is 11.6 Å². The molecule has 1 aromatic carbocycles. The van der Waals surface area contributed by atoms with E-state index in [2.05, 4.69) is 24.9 Å². The van der Waals surface area contributed by atoms with E-state index in [1.54, 1.807) is 22.8 Å². The maximum atomic E-state index is 13.6. The Morgan fingerprint density at radius 2 is 1.78 bits per heavy atom. The topological polar surface area (TPSA) is 156 Å². The van der Waals surface area contributed by atoms with E-state index in [4.69, 9.17) is 31.5 Å². The van der Waals surface area contributed by atoms with Gasteiger partial charge in [-0.2, -0.15) is 0 Å². The van der Waals surface area contributed by atoms with E-state index >= 15 is 0 Å². The predicted octanol–water partition coefficient (Wildman–Crippen LogP) is 2.70. The number of hydrogen-bond donors (Lipinski definition) is 2. The predicted molar refractivity (Wildman–Crippen MR) is 138 cm³/mol. The summed E-state index contributed by atoms with van der Waals surface area (Å²) >= 11 is 5.88. The van der Waals surface area contributed by atoms with Gasteiger partial charge >= 0.3 is 0 Å². The molecule has 3 N–H and O–H groups in total. The number of methoxy groups -OCH3 is 3. The summed E-state index contributed by atoms with van der Waals surface area (Å²) in [6.45, 7) is 1.98. The molecule has 0 unspecified atom stereocenters. The fraction of sp³-hybridized carbons (Fsp3) is 0.478. The Bertz CT molecular complexity index is 1310. The van der Waals surface area contributed by atoms with Crippen molar-refractivity contribution in [2.45, 2.75) is 37.0 Å². The van der Waals surface area contributed by atoms with E-state index in [9.17, 15) is 8.42 Å². The Kier molecular flexibility index (Phi) is 8.17. The quantitative estimate of drug-likeness (QED) is 0.363. The fourth-order valence-electron chi connectivity index (χ4n) is 4.43. The second-order valence-electron chi connectivity index (χ2n) is 8.68. The van der Waals surface area contributed by atoms with Crippen LogP contribution in [0.4, 0.5) is 5.95 Å². The minimum absolute atomic E-state index is 0.00279. The van der Waals surface area contributed by atoms with E-state index in [0.29, 0.717) is 34.6 Å². The van der Waals surface area contributed by atoms with Crippen molar-refractivity contribution in [1.82, 2.24) is 24.7 Å². The van der Waals surface area contributed by atoms with Gasteiger partial charge in [0.25, 0.3) is 0 Å². The first-order chi connectivity index (χ1) is 17.7. The number of nitrogens with one attached hydrogen (secondary N) is 1. The van der Waals surface area contributed by atoms with Gasteiger partial charge in [-0.25, -0.2) is 18.4 Å². The van der Waals surface area contributed by atoms with E-state index in [1.165, 1.54) is 40.6 Å². The highest BCUT2D eigenvalue weighted by atomic mass is 35.5. The van der Waals surface area contributed by atoms with Crippen LogP contribution < -0.4 is 19.9 Å². The number of nitrogens with zero attached hydrogens (tertiary/aromatic N) is 5. The van der Waals surface area contributed by atoms with Crippen molar-refractivity contribution >= 4 is 27.6 Å². The number of aromatic nitrogens is 5. The number of ether oxygens (including phenoxy) is 3. The Morgan fingerprint density at radius 1 is 1.14 bits per heavy atom. The van der Waals surface area contributed by atoms with Crippen molar-refractivity contribution < 1.29 is 22.6 Å². The van der Waals surface area contributed by atoms with Gasteiger partial charge in [-0.15, -0.1) is 10.2 Å². The van der Waals surface area contributed by atoms with Crippen LogP contribution in [0.25, 0.3) is 5.69 Å². The number of halogens is 1. The van der Waals surface area contributed by atoms with Crippen LogP contribution in [0.2, 0.25) is 5.02 Å². The molecule has 14 heteroatoms. The van der Waals surface area contributed by atoms with Crippen LogP contribution in [0.15, 0.2) is 30.6 Å². The number of rotatable bonds is 11. The molecule has 4 atom stereocenters. The van der Waals surface area contributed by atoms with Crippen LogP contribution in [0, 0.1) is 5.92 Å². The summed E-state index contributed by atoms with van der Waals surface area (Å²) in [7, 11) is 0.344. The second-order valence-corrected chi connectivity index (χ2v) is 11.2. The zero-order valence-corrected chi connectivity index (χ0v) is 22.5. The van der Waals surface area contributed by atoms with Gasteiger partial charge in [-0.05, 0) is 44.4 Å². The number of anilines is 1. The molecule has 0 spiro atoms. The molecule has 200 valence electrons. The summed E-state index contributed by atoms with van der Waals surface area (Å²) in [5, 5.41) is 7.84. The van der Waals surface area contributed by atoms with E-state index in [-0.39, 0.29) is 23.6 Å². The minimum Gasteiger partial charge on any atom is -0.494 e. The Labute approximate surface area is 220 Å². The van der Waals surface area contributed by atoms with Gasteiger partial charge in [0.15, 0.2) is 5.82 Å². The van der Waals surface area contributed by atoms with E-state index in [0.717, 1.165) is 12.8 Å². The molecule has 37 heavy (non-hydrogen) atoms. The molecule has 3 aromatic rings. The summed E-state index contributed by atoms with van der Waals surface area (Å²) in [6, 6.07) is 5.28. The third-order valence-electron chi connectivity index (χ3n) is 6.66. The fourth-order valence-corrected chi connectivity index (χ4v) is 5.65. The van der Waals surface area contributed by atoms with Gasteiger partial charge < -0.3 is 19.9 Å². The van der Waals surface area contributed by atoms with Crippen LogP contribution in [-0.2, 0) is 14.8 Å². The Morgan fingerprint density at radius 3 is 2.30 bits per heavy atom. The van der Waals surface area contributed by atoms with Crippen LogP contribution in [-0.4, -0.2) is 66.3 Å². The number of hydrogen-bond acceptors (Lipinski definition) is 10. The highest BCUT2D eigenvalue weighted by Gasteiger charge is 2.39. The molecule has 4 rings (SSSR count). The summed E-state index contributed by atoms with van der Waals surface area (Å²) in [5.41, 5.74) is 6.45. The molecular formula is C23H30ClN7O5S. The molecule has 0 amide bonds. The average molecular weight is 552 g/mol. The lowest BCUT2D eigenvalue weighted by atomic mass is 9.73. The molecule has 0 bridgehead atoms. The molecule has 0 aliphatic heterocycles. The molecule has 1 aliphatic rings. The zero-order chi connectivity index (χ0) is 26.7. The maximum absolute atomic E-state index is 13.6. The molecule has 0 radical (unpaired) electrons. The number of sulfonamides is 1. The standard InChI is InChI=1S/C23H30ClN7O5S/c1-13(20(36-4)21-26-11-15(24)12-27-21)37(32,33)30-23-29-28-22(16-9-8-14(16)10-25)31(23)19-17(34-2)6-5-7-18(19)35-3/h5-7,11-14,16,20H,8-10,25H2,1-4H3,(H,29,30)/t13-,14-,16-,20-/m0/s1. The minimum atomic E-state index is -4.09. The van der Waals surface area contributed by atoms with Crippen LogP contribution in [0.5, 0.6) is 11.5 Å². The lowest BCUT2D eigenvalue weighted by Gasteiger charge is -2.35. The molecule has 12 nitrogen and oxygen atoms in total. The number of benzene rings is 1. The van der Waals surface area contributed by atoms with Gasteiger partial charge in [-0.1, -0.05) is 17.7 Å². The Balaban J connectivity index is 1.78. The summed E-state index contributed by atoms with van der Waals surface area (Å²) in [4.78, 5) is 8.25. The summed E-state index contributed by atoms with van der Waals surface area (Å²) < 4.78 is 48.1. The van der Waals surface area contributed by atoms with Crippen molar-refractivity contribution in [2.24, 2.45) is 11.7 Å². The molecule has 1 fully saturated rings. The zero-order valence-electron chi connectivity index (χ0n) is 21.0. The molecule has 2 aromatic heterocycles. The van der Waals surface area contributed by atoms with Gasteiger partial charge in [0.2, 0.25) is 16.0 Å². The average Bonchev–Trinajstić information content (AvgIpc) is 3.25.